The van der Waals surface area contributed by atoms with E-state index in [2.05, 4.69) is 5.32 Å². The number of nitrogens with one attached hydrogen (secondary N) is 1. The molecule has 25 heavy (non-hydrogen) atoms. The van der Waals surface area contributed by atoms with Crippen LogP contribution in [0.3, 0.4) is 0 Å². The molecule has 2 aliphatic rings. The van der Waals surface area contributed by atoms with E-state index in [1.165, 1.54) is 12.1 Å². The second-order valence-corrected chi connectivity index (χ2v) is 6.96. The highest BCUT2D eigenvalue weighted by atomic mass is 19.2. The van der Waals surface area contributed by atoms with Crippen LogP contribution in [-0.2, 0) is 16.1 Å². The number of halogens is 2. The lowest BCUT2D eigenvalue weighted by molar-refractivity contribution is -0.146. The number of carbonyl (C=O) groups is 2. The van der Waals surface area contributed by atoms with Crippen LogP contribution in [0.2, 0.25) is 0 Å². The SMILES string of the molecule is CNC(=O)CN1CCC2(CCCN(Cc3cccc(F)c3F)C2=O)C1. The van der Waals surface area contributed by atoms with E-state index in [0.29, 0.717) is 26.1 Å². The Morgan fingerprint density at radius 2 is 2.08 bits per heavy atom. The maximum atomic E-state index is 13.9. The zero-order valence-corrected chi connectivity index (χ0v) is 14.4. The van der Waals surface area contributed by atoms with Gasteiger partial charge in [-0.25, -0.2) is 8.78 Å². The molecule has 0 aromatic heterocycles. The van der Waals surface area contributed by atoms with E-state index in [1.54, 1.807) is 11.9 Å². The molecule has 0 radical (unpaired) electrons. The predicted molar refractivity (Wildman–Crippen MR) is 88.6 cm³/mol. The highest BCUT2D eigenvalue weighted by Gasteiger charge is 2.48. The number of carbonyl (C=O) groups excluding carboxylic acids is 2. The summed E-state index contributed by atoms with van der Waals surface area (Å²) < 4.78 is 27.3. The van der Waals surface area contributed by atoms with E-state index in [1.807, 2.05) is 4.90 Å². The topological polar surface area (TPSA) is 52.7 Å². The van der Waals surface area contributed by atoms with E-state index in [-0.39, 0.29) is 30.5 Å². The quantitative estimate of drug-likeness (QED) is 0.895. The number of piperidine rings is 1. The number of likely N-dealkylation sites (tertiary alicyclic amines) is 2. The molecule has 1 unspecified atom stereocenters. The molecule has 1 aromatic carbocycles. The number of amides is 2. The monoisotopic (exact) mass is 351 g/mol. The zero-order valence-electron chi connectivity index (χ0n) is 14.4. The smallest absolute Gasteiger partial charge is 0.233 e. The van der Waals surface area contributed by atoms with Gasteiger partial charge in [0.15, 0.2) is 11.6 Å². The maximum absolute atomic E-state index is 13.9. The normalized spacial score (nSPS) is 24.1. The summed E-state index contributed by atoms with van der Waals surface area (Å²) in [6, 6.07) is 4.05. The summed E-state index contributed by atoms with van der Waals surface area (Å²) in [5.41, 5.74) is -0.304. The Morgan fingerprint density at radius 3 is 2.84 bits per heavy atom. The van der Waals surface area contributed by atoms with Gasteiger partial charge < -0.3 is 10.2 Å². The Bertz CT molecular complexity index is 682. The number of hydrogen-bond acceptors (Lipinski definition) is 3. The van der Waals surface area contributed by atoms with Gasteiger partial charge in [0, 0.05) is 32.2 Å². The number of benzene rings is 1. The minimum atomic E-state index is -0.894. The van der Waals surface area contributed by atoms with Crippen LogP contribution >= 0.6 is 0 Å². The van der Waals surface area contributed by atoms with Gasteiger partial charge in [-0.15, -0.1) is 0 Å². The van der Waals surface area contributed by atoms with Gasteiger partial charge in [0.2, 0.25) is 11.8 Å². The third kappa shape index (κ3) is 3.51. The Labute approximate surface area is 146 Å². The Morgan fingerprint density at radius 1 is 1.28 bits per heavy atom. The standard InChI is InChI=1S/C18H23F2N3O2/c1-21-15(24)11-22-9-7-18(12-22)6-3-8-23(17(18)25)10-13-4-2-5-14(19)16(13)20/h2,4-5H,3,6-12H2,1H3,(H,21,24). The molecule has 0 aliphatic carbocycles. The summed E-state index contributed by atoms with van der Waals surface area (Å²) in [7, 11) is 1.59. The molecule has 1 atom stereocenters. The molecule has 2 heterocycles. The molecule has 7 heteroatoms. The molecule has 0 bridgehead atoms. The summed E-state index contributed by atoms with van der Waals surface area (Å²) in [4.78, 5) is 28.2. The van der Waals surface area contributed by atoms with E-state index in [0.717, 1.165) is 18.9 Å². The molecular weight excluding hydrogens is 328 g/mol. The molecule has 1 spiro atoms. The van der Waals surface area contributed by atoms with E-state index in [4.69, 9.17) is 0 Å². The molecular formula is C18H23F2N3O2. The van der Waals surface area contributed by atoms with Crippen molar-refractivity contribution in [3.63, 3.8) is 0 Å². The molecule has 0 saturated carbocycles. The van der Waals surface area contributed by atoms with E-state index < -0.39 is 17.0 Å². The van der Waals surface area contributed by atoms with Crippen LogP contribution in [0, 0.1) is 17.0 Å². The first-order valence-corrected chi connectivity index (χ1v) is 8.60. The second kappa shape index (κ2) is 7.07. The largest absolute Gasteiger partial charge is 0.358 e. The van der Waals surface area contributed by atoms with Crippen LogP contribution in [0.25, 0.3) is 0 Å². The number of rotatable bonds is 4. The second-order valence-electron chi connectivity index (χ2n) is 6.96. The summed E-state index contributed by atoms with van der Waals surface area (Å²) in [6.45, 7) is 2.15. The average Bonchev–Trinajstić information content (AvgIpc) is 2.99. The summed E-state index contributed by atoms with van der Waals surface area (Å²) in [6.07, 6.45) is 2.31. The predicted octanol–water partition coefficient (Wildman–Crippen LogP) is 1.53. The van der Waals surface area contributed by atoms with Crippen LogP contribution in [0.1, 0.15) is 24.8 Å². The Kier molecular flexibility index (Phi) is 5.03. The third-order valence-electron chi connectivity index (χ3n) is 5.30. The van der Waals surface area contributed by atoms with Gasteiger partial charge in [0.25, 0.3) is 0 Å². The van der Waals surface area contributed by atoms with Crippen molar-refractivity contribution in [2.24, 2.45) is 5.41 Å². The van der Waals surface area contributed by atoms with Gasteiger partial charge >= 0.3 is 0 Å². The summed E-state index contributed by atoms with van der Waals surface area (Å²) >= 11 is 0. The Balaban J connectivity index is 1.71. The summed E-state index contributed by atoms with van der Waals surface area (Å²) in [5, 5.41) is 2.59. The maximum Gasteiger partial charge on any atom is 0.233 e. The first-order valence-electron chi connectivity index (χ1n) is 8.60. The summed E-state index contributed by atoms with van der Waals surface area (Å²) in [5.74, 6) is -1.86. The van der Waals surface area contributed by atoms with Crippen molar-refractivity contribution >= 4 is 11.8 Å². The van der Waals surface area contributed by atoms with Crippen molar-refractivity contribution in [1.82, 2.24) is 15.1 Å². The molecule has 2 aliphatic heterocycles. The van der Waals surface area contributed by atoms with Gasteiger partial charge in [-0.3, -0.25) is 14.5 Å². The highest BCUT2D eigenvalue weighted by Crippen LogP contribution is 2.40. The van der Waals surface area contributed by atoms with Crippen LogP contribution in [0.5, 0.6) is 0 Å². The molecule has 2 saturated heterocycles. The van der Waals surface area contributed by atoms with Crippen molar-refractivity contribution < 1.29 is 18.4 Å². The number of likely N-dealkylation sites (N-methyl/N-ethyl adjacent to an activating group) is 1. The van der Waals surface area contributed by atoms with Gasteiger partial charge in [0.1, 0.15) is 0 Å². The molecule has 5 nitrogen and oxygen atoms in total. The minimum absolute atomic E-state index is 0.0122. The first kappa shape index (κ1) is 17.8. The van der Waals surface area contributed by atoms with Crippen LogP contribution in [0.15, 0.2) is 18.2 Å². The van der Waals surface area contributed by atoms with Crippen molar-refractivity contribution in [3.05, 3.63) is 35.4 Å². The molecule has 136 valence electrons. The van der Waals surface area contributed by atoms with Crippen molar-refractivity contribution in [2.45, 2.75) is 25.8 Å². The third-order valence-corrected chi connectivity index (χ3v) is 5.30. The molecule has 2 fully saturated rings. The fourth-order valence-corrected chi connectivity index (χ4v) is 3.93. The van der Waals surface area contributed by atoms with Gasteiger partial charge in [0.05, 0.1) is 12.0 Å². The lowest BCUT2D eigenvalue weighted by Crippen LogP contribution is -2.50. The zero-order chi connectivity index (χ0) is 18.0. The first-order chi connectivity index (χ1) is 11.9. The number of hydrogen-bond donors (Lipinski definition) is 1. The van der Waals surface area contributed by atoms with Gasteiger partial charge in [-0.2, -0.15) is 0 Å². The van der Waals surface area contributed by atoms with Crippen molar-refractivity contribution in [1.29, 1.82) is 0 Å². The number of nitrogens with zero attached hydrogens (tertiary/aromatic N) is 2. The average molecular weight is 351 g/mol. The minimum Gasteiger partial charge on any atom is -0.358 e. The van der Waals surface area contributed by atoms with Crippen LogP contribution < -0.4 is 5.32 Å². The molecule has 2 amide bonds. The van der Waals surface area contributed by atoms with Crippen molar-refractivity contribution in [2.75, 3.05) is 33.2 Å². The lowest BCUT2D eigenvalue weighted by atomic mass is 9.78. The van der Waals surface area contributed by atoms with Gasteiger partial charge in [-0.1, -0.05) is 12.1 Å². The lowest BCUT2D eigenvalue weighted by Gasteiger charge is -2.39. The van der Waals surface area contributed by atoms with Gasteiger partial charge in [-0.05, 0) is 31.9 Å². The highest BCUT2D eigenvalue weighted by molar-refractivity contribution is 5.84. The van der Waals surface area contributed by atoms with Crippen LogP contribution in [0.4, 0.5) is 8.78 Å². The fourth-order valence-electron chi connectivity index (χ4n) is 3.93. The Hall–Kier alpha value is -2.02. The molecule has 3 rings (SSSR count). The molecule has 1 aromatic rings. The molecule has 1 N–H and O–H groups in total. The van der Waals surface area contributed by atoms with E-state index >= 15 is 0 Å². The fraction of sp³-hybridized carbons (Fsp3) is 0.556. The van der Waals surface area contributed by atoms with E-state index in [9.17, 15) is 18.4 Å². The van der Waals surface area contributed by atoms with Crippen LogP contribution in [-0.4, -0.2) is 54.8 Å². The van der Waals surface area contributed by atoms with Crippen molar-refractivity contribution in [3.8, 4) is 0 Å².